The maximum Gasteiger partial charge on any atom is 0.494 e. The van der Waals surface area contributed by atoms with Gasteiger partial charge in [0.2, 0.25) is 0 Å². The van der Waals surface area contributed by atoms with Gasteiger partial charge in [-0.1, -0.05) is 18.2 Å². The summed E-state index contributed by atoms with van der Waals surface area (Å²) >= 11 is 0. The summed E-state index contributed by atoms with van der Waals surface area (Å²) in [5, 5.41) is 8.03. The minimum atomic E-state index is -0.311. The number of rotatable bonds is 1. The van der Waals surface area contributed by atoms with E-state index >= 15 is 0 Å². The van der Waals surface area contributed by atoms with Crippen LogP contribution in [0.5, 0.6) is 0 Å². The molecule has 2 heterocycles. The van der Waals surface area contributed by atoms with Crippen LogP contribution < -0.4 is 0 Å². The molecule has 1 atom stereocenters. The predicted octanol–water partition coefficient (Wildman–Crippen LogP) is 2.83. The fourth-order valence-electron chi connectivity index (χ4n) is 2.16. The van der Waals surface area contributed by atoms with Gasteiger partial charge < -0.3 is 9.31 Å². The Morgan fingerprint density at radius 2 is 1.83 bits per heavy atom. The molecule has 2 aliphatic heterocycles. The third kappa shape index (κ3) is 1.69. The lowest BCUT2D eigenvalue weighted by Gasteiger charge is -2.32. The van der Waals surface area contributed by atoms with Crippen LogP contribution in [-0.2, 0) is 9.31 Å². The molecule has 3 rings (SSSR count). The highest BCUT2D eigenvalue weighted by Gasteiger charge is 2.52. The third-order valence-corrected chi connectivity index (χ3v) is 4.07. The van der Waals surface area contributed by atoms with Crippen LogP contribution in [0.3, 0.4) is 0 Å². The lowest BCUT2D eigenvalue weighted by atomic mass is 9.74. The highest BCUT2D eigenvalue weighted by molar-refractivity contribution is 6.55. The fraction of sp³-hybridized carbons (Fsp3) is 0.538. The van der Waals surface area contributed by atoms with Crippen LogP contribution in [0.4, 0.5) is 0 Å². The van der Waals surface area contributed by atoms with Gasteiger partial charge in [0.05, 0.1) is 17.4 Å². The van der Waals surface area contributed by atoms with Gasteiger partial charge in [0.15, 0.2) is 0 Å². The molecule has 0 spiro atoms. The van der Waals surface area contributed by atoms with Crippen LogP contribution in [0, 0.1) is 0 Å². The normalized spacial score (nSPS) is 31.3. The first-order valence-electron chi connectivity index (χ1n) is 6.24. The van der Waals surface area contributed by atoms with Crippen LogP contribution in [-0.4, -0.2) is 24.4 Å². The summed E-state index contributed by atoms with van der Waals surface area (Å²) in [7, 11) is -0.311. The molecule has 3 aliphatic rings. The van der Waals surface area contributed by atoms with Crippen LogP contribution in [0.2, 0.25) is 0 Å². The second-order valence-electron chi connectivity index (χ2n) is 5.90. The van der Waals surface area contributed by atoms with Gasteiger partial charge >= 0.3 is 7.12 Å². The standard InChI is InChI=1S/C13H17BN2O2/c1-12(2)13(3,4)18-14(17-12)10-5-6-11-9(7-10)8-15-16-11/h5-8,11H,1-4H3/t11-/m0/s1. The zero-order valence-corrected chi connectivity index (χ0v) is 11.2. The maximum atomic E-state index is 6.02. The summed E-state index contributed by atoms with van der Waals surface area (Å²) in [4.78, 5) is 0. The molecule has 4 nitrogen and oxygen atoms in total. The number of fused-ring (bicyclic) bond motifs is 1. The molecule has 1 fully saturated rings. The Labute approximate surface area is 108 Å². The van der Waals surface area contributed by atoms with Crippen LogP contribution >= 0.6 is 0 Å². The van der Waals surface area contributed by atoms with Crippen molar-refractivity contribution in [3.63, 3.8) is 0 Å². The van der Waals surface area contributed by atoms with Gasteiger partial charge in [-0.3, -0.25) is 0 Å². The molecule has 0 unspecified atom stereocenters. The monoisotopic (exact) mass is 244 g/mol. The van der Waals surface area contributed by atoms with Gasteiger partial charge in [0.1, 0.15) is 6.04 Å². The van der Waals surface area contributed by atoms with Crippen molar-refractivity contribution < 1.29 is 9.31 Å². The smallest absolute Gasteiger partial charge is 0.399 e. The Morgan fingerprint density at radius 1 is 1.17 bits per heavy atom. The van der Waals surface area contributed by atoms with Gasteiger partial charge in [0.25, 0.3) is 0 Å². The molecule has 0 bridgehead atoms. The van der Waals surface area contributed by atoms with E-state index in [4.69, 9.17) is 9.31 Å². The van der Waals surface area contributed by atoms with Crippen molar-refractivity contribution >= 4 is 7.12 Å². The minimum Gasteiger partial charge on any atom is -0.399 e. The molecule has 0 amide bonds. The molecule has 5 heteroatoms. The lowest BCUT2D eigenvalue weighted by Crippen LogP contribution is -2.41. The number of hydrogen-bond acceptors (Lipinski definition) is 4. The van der Waals surface area contributed by atoms with E-state index in [1.165, 1.54) is 0 Å². The lowest BCUT2D eigenvalue weighted by molar-refractivity contribution is 0.00578. The van der Waals surface area contributed by atoms with E-state index in [9.17, 15) is 0 Å². The second kappa shape index (κ2) is 3.65. The topological polar surface area (TPSA) is 43.2 Å². The van der Waals surface area contributed by atoms with Crippen molar-refractivity contribution in [2.24, 2.45) is 10.2 Å². The average molecular weight is 244 g/mol. The third-order valence-electron chi connectivity index (χ3n) is 4.07. The summed E-state index contributed by atoms with van der Waals surface area (Å²) in [5.74, 6) is 0. The highest BCUT2D eigenvalue weighted by Crippen LogP contribution is 2.39. The largest absolute Gasteiger partial charge is 0.494 e. The van der Waals surface area contributed by atoms with Crippen molar-refractivity contribution in [1.29, 1.82) is 0 Å². The molecule has 18 heavy (non-hydrogen) atoms. The van der Waals surface area contributed by atoms with Gasteiger partial charge in [-0.25, -0.2) is 0 Å². The molecule has 0 aromatic carbocycles. The molecule has 94 valence electrons. The molecule has 0 saturated carbocycles. The first-order chi connectivity index (χ1) is 8.39. The van der Waals surface area contributed by atoms with Crippen LogP contribution in [0.1, 0.15) is 27.7 Å². The quantitative estimate of drug-likeness (QED) is 0.665. The summed E-state index contributed by atoms with van der Waals surface area (Å²) in [6, 6.07) is 0.0798. The molecule has 0 radical (unpaired) electrons. The van der Waals surface area contributed by atoms with Crippen molar-refractivity contribution in [2.45, 2.75) is 44.9 Å². The SMILES string of the molecule is CC1(C)OB(C2=CC3=CN=N[C@H]3C=C2)OC1(C)C. The van der Waals surface area contributed by atoms with E-state index in [-0.39, 0.29) is 24.4 Å². The van der Waals surface area contributed by atoms with E-state index in [0.29, 0.717) is 0 Å². The van der Waals surface area contributed by atoms with E-state index in [1.54, 1.807) is 6.20 Å². The minimum absolute atomic E-state index is 0.0798. The zero-order valence-electron chi connectivity index (χ0n) is 11.2. The number of hydrogen-bond donors (Lipinski definition) is 0. The van der Waals surface area contributed by atoms with Crippen LogP contribution in [0.15, 0.2) is 45.7 Å². The molecule has 1 saturated heterocycles. The van der Waals surface area contributed by atoms with Gasteiger partial charge in [0, 0.05) is 5.57 Å². The molecule has 0 aromatic rings. The van der Waals surface area contributed by atoms with Gasteiger partial charge in [-0.2, -0.15) is 10.2 Å². The number of allylic oxidation sites excluding steroid dienone is 2. The first-order valence-corrected chi connectivity index (χ1v) is 6.24. The highest BCUT2D eigenvalue weighted by atomic mass is 16.7. The molecule has 0 N–H and O–H groups in total. The van der Waals surface area contributed by atoms with Gasteiger partial charge in [-0.05, 0) is 33.2 Å². The fourth-order valence-corrected chi connectivity index (χ4v) is 2.16. The predicted molar refractivity (Wildman–Crippen MR) is 70.0 cm³/mol. The molecular formula is C13H17BN2O2. The summed E-state index contributed by atoms with van der Waals surface area (Å²) in [6.07, 6.45) is 7.91. The summed E-state index contributed by atoms with van der Waals surface area (Å²) in [6.45, 7) is 8.23. The van der Waals surface area contributed by atoms with Crippen molar-refractivity contribution in [3.8, 4) is 0 Å². The zero-order chi connectivity index (χ0) is 13.0. The van der Waals surface area contributed by atoms with Crippen molar-refractivity contribution in [2.75, 3.05) is 0 Å². The number of azo groups is 1. The number of nitrogens with zero attached hydrogens (tertiary/aromatic N) is 2. The Kier molecular flexibility index (Phi) is 2.41. The van der Waals surface area contributed by atoms with Crippen LogP contribution in [0.25, 0.3) is 0 Å². The van der Waals surface area contributed by atoms with Crippen molar-refractivity contribution in [3.05, 3.63) is 35.5 Å². The van der Waals surface area contributed by atoms with Gasteiger partial charge in [-0.15, -0.1) is 0 Å². The molecule has 0 aromatic heterocycles. The summed E-state index contributed by atoms with van der Waals surface area (Å²) in [5.41, 5.74) is 1.52. The first kappa shape index (κ1) is 11.9. The Bertz CT molecular complexity index is 487. The van der Waals surface area contributed by atoms with E-state index in [2.05, 4.69) is 44.0 Å². The van der Waals surface area contributed by atoms with E-state index in [1.807, 2.05) is 12.2 Å². The Hall–Kier alpha value is -1.20. The second-order valence-corrected chi connectivity index (χ2v) is 5.90. The van der Waals surface area contributed by atoms with E-state index < -0.39 is 0 Å². The Morgan fingerprint density at radius 3 is 2.50 bits per heavy atom. The maximum absolute atomic E-state index is 6.02. The summed E-state index contributed by atoms with van der Waals surface area (Å²) < 4.78 is 12.0. The molecule has 1 aliphatic carbocycles. The van der Waals surface area contributed by atoms with E-state index in [0.717, 1.165) is 11.0 Å². The van der Waals surface area contributed by atoms with Crippen molar-refractivity contribution in [1.82, 2.24) is 0 Å². The molecular weight excluding hydrogens is 227 g/mol. The average Bonchev–Trinajstić information content (AvgIpc) is 2.80. The Balaban J connectivity index is 1.85.